The van der Waals surface area contributed by atoms with E-state index in [4.69, 9.17) is 5.73 Å². The molecule has 1 heterocycles. The molecule has 3 atom stereocenters. The number of nitrogens with zero attached hydrogens (tertiary/aromatic N) is 1. The summed E-state index contributed by atoms with van der Waals surface area (Å²) in [4.78, 5) is 2.63. The molecule has 0 spiro atoms. The highest BCUT2D eigenvalue weighted by Gasteiger charge is 2.38. The minimum Gasteiger partial charge on any atom is -0.329 e. The van der Waals surface area contributed by atoms with Gasteiger partial charge < -0.3 is 5.73 Å². The van der Waals surface area contributed by atoms with Crippen molar-refractivity contribution in [3.63, 3.8) is 0 Å². The molecule has 2 N–H and O–H groups in total. The van der Waals surface area contributed by atoms with Gasteiger partial charge in [0.25, 0.3) is 0 Å². The largest absolute Gasteiger partial charge is 0.329 e. The molecule has 1 saturated heterocycles. The van der Waals surface area contributed by atoms with Crippen LogP contribution in [-0.2, 0) is 0 Å². The molecule has 84 valence electrons. The molecule has 0 aromatic carbocycles. The lowest BCUT2D eigenvalue weighted by Crippen LogP contribution is -2.53. The summed E-state index contributed by atoms with van der Waals surface area (Å²) in [5, 5.41) is 0. The normalized spacial score (nSPS) is 33.2. The third kappa shape index (κ3) is 2.29. The zero-order valence-electron chi connectivity index (χ0n) is 10.2. The van der Waals surface area contributed by atoms with Gasteiger partial charge in [0.2, 0.25) is 0 Å². The SMILES string of the molecule is CCCC(C)(CN)N1CC(C)CC1C. The number of hydrogen-bond acceptors (Lipinski definition) is 2. The van der Waals surface area contributed by atoms with Crippen molar-refractivity contribution in [3.05, 3.63) is 0 Å². The Balaban J connectivity index is 2.68. The molecule has 2 heteroatoms. The second kappa shape index (κ2) is 4.63. The highest BCUT2D eigenvalue weighted by molar-refractivity contribution is 4.94. The lowest BCUT2D eigenvalue weighted by Gasteiger charge is -2.41. The minimum absolute atomic E-state index is 0.235. The van der Waals surface area contributed by atoms with Crippen LogP contribution in [0.2, 0.25) is 0 Å². The first-order valence-corrected chi connectivity index (χ1v) is 6.00. The van der Waals surface area contributed by atoms with Crippen LogP contribution in [0.25, 0.3) is 0 Å². The van der Waals surface area contributed by atoms with Crippen molar-refractivity contribution in [1.82, 2.24) is 4.90 Å². The van der Waals surface area contributed by atoms with Crippen LogP contribution in [0.3, 0.4) is 0 Å². The smallest absolute Gasteiger partial charge is 0.0306 e. The molecule has 0 aromatic rings. The quantitative estimate of drug-likeness (QED) is 0.750. The molecule has 0 amide bonds. The fourth-order valence-electron chi connectivity index (χ4n) is 2.95. The zero-order chi connectivity index (χ0) is 10.8. The summed E-state index contributed by atoms with van der Waals surface area (Å²) in [6.45, 7) is 11.3. The van der Waals surface area contributed by atoms with Gasteiger partial charge in [-0.05, 0) is 32.6 Å². The third-order valence-electron chi connectivity index (χ3n) is 3.71. The average molecular weight is 198 g/mol. The molecular weight excluding hydrogens is 172 g/mol. The lowest BCUT2D eigenvalue weighted by atomic mass is 9.93. The summed E-state index contributed by atoms with van der Waals surface area (Å²) in [5.74, 6) is 0.840. The molecule has 1 fully saturated rings. The number of hydrogen-bond donors (Lipinski definition) is 1. The number of rotatable bonds is 4. The Kier molecular flexibility index (Phi) is 3.96. The van der Waals surface area contributed by atoms with Gasteiger partial charge in [-0.15, -0.1) is 0 Å². The van der Waals surface area contributed by atoms with Crippen molar-refractivity contribution in [3.8, 4) is 0 Å². The van der Waals surface area contributed by atoms with Gasteiger partial charge in [0.1, 0.15) is 0 Å². The van der Waals surface area contributed by atoms with E-state index in [1.165, 1.54) is 25.8 Å². The first kappa shape index (κ1) is 12.0. The van der Waals surface area contributed by atoms with E-state index in [-0.39, 0.29) is 5.54 Å². The van der Waals surface area contributed by atoms with Gasteiger partial charge in [-0.3, -0.25) is 4.90 Å². The van der Waals surface area contributed by atoms with Crippen LogP contribution in [0.5, 0.6) is 0 Å². The lowest BCUT2D eigenvalue weighted by molar-refractivity contribution is 0.0917. The van der Waals surface area contributed by atoms with Gasteiger partial charge in [-0.2, -0.15) is 0 Å². The topological polar surface area (TPSA) is 29.3 Å². The predicted octanol–water partition coefficient (Wildman–Crippen LogP) is 2.23. The Morgan fingerprint density at radius 2 is 2.07 bits per heavy atom. The Bertz CT molecular complexity index is 181. The van der Waals surface area contributed by atoms with E-state index in [2.05, 4.69) is 32.6 Å². The number of likely N-dealkylation sites (tertiary alicyclic amines) is 1. The maximum Gasteiger partial charge on any atom is 0.0306 e. The maximum atomic E-state index is 5.94. The van der Waals surface area contributed by atoms with Crippen molar-refractivity contribution in [1.29, 1.82) is 0 Å². The van der Waals surface area contributed by atoms with Crippen LogP contribution in [0.15, 0.2) is 0 Å². The van der Waals surface area contributed by atoms with Crippen molar-refractivity contribution >= 4 is 0 Å². The van der Waals surface area contributed by atoms with E-state index < -0.39 is 0 Å². The molecule has 3 unspecified atom stereocenters. The van der Waals surface area contributed by atoms with Crippen molar-refractivity contribution in [2.75, 3.05) is 13.1 Å². The molecule has 0 bridgehead atoms. The summed E-state index contributed by atoms with van der Waals surface area (Å²) < 4.78 is 0. The third-order valence-corrected chi connectivity index (χ3v) is 3.71. The summed E-state index contributed by atoms with van der Waals surface area (Å²) in [7, 11) is 0. The summed E-state index contributed by atoms with van der Waals surface area (Å²) in [6.07, 6.45) is 3.78. The summed E-state index contributed by atoms with van der Waals surface area (Å²) in [6, 6.07) is 0.713. The number of nitrogens with two attached hydrogens (primary N) is 1. The Hall–Kier alpha value is -0.0800. The highest BCUT2D eigenvalue weighted by Crippen LogP contribution is 2.32. The molecule has 2 nitrogen and oxygen atoms in total. The first-order chi connectivity index (χ1) is 6.53. The van der Waals surface area contributed by atoms with E-state index >= 15 is 0 Å². The molecule has 0 aliphatic carbocycles. The molecule has 1 rings (SSSR count). The van der Waals surface area contributed by atoms with Gasteiger partial charge in [0.15, 0.2) is 0 Å². The zero-order valence-corrected chi connectivity index (χ0v) is 10.2. The monoisotopic (exact) mass is 198 g/mol. The van der Waals surface area contributed by atoms with E-state index in [0.717, 1.165) is 12.5 Å². The van der Waals surface area contributed by atoms with Crippen LogP contribution in [0.1, 0.15) is 47.0 Å². The average Bonchev–Trinajstić information content (AvgIpc) is 2.46. The molecular formula is C12H26N2. The van der Waals surface area contributed by atoms with Gasteiger partial charge in [-0.25, -0.2) is 0 Å². The minimum atomic E-state index is 0.235. The second-order valence-electron chi connectivity index (χ2n) is 5.29. The first-order valence-electron chi connectivity index (χ1n) is 6.00. The van der Waals surface area contributed by atoms with E-state index in [1.807, 2.05) is 0 Å². The van der Waals surface area contributed by atoms with Crippen LogP contribution >= 0.6 is 0 Å². The van der Waals surface area contributed by atoms with Gasteiger partial charge >= 0.3 is 0 Å². The standard InChI is InChI=1S/C12H26N2/c1-5-6-12(4,9-13)14-8-10(2)7-11(14)3/h10-11H,5-9,13H2,1-4H3. The molecule has 1 aliphatic rings. The molecule has 0 aromatic heterocycles. The Labute approximate surface area is 88.8 Å². The van der Waals surface area contributed by atoms with Crippen molar-refractivity contribution < 1.29 is 0 Å². The van der Waals surface area contributed by atoms with Gasteiger partial charge in [-0.1, -0.05) is 20.3 Å². The van der Waals surface area contributed by atoms with E-state index in [9.17, 15) is 0 Å². The fraction of sp³-hybridized carbons (Fsp3) is 1.00. The van der Waals surface area contributed by atoms with Crippen LogP contribution in [0.4, 0.5) is 0 Å². The second-order valence-corrected chi connectivity index (χ2v) is 5.29. The van der Waals surface area contributed by atoms with Crippen LogP contribution < -0.4 is 5.73 Å². The molecule has 0 radical (unpaired) electrons. The predicted molar refractivity (Wildman–Crippen MR) is 62.3 cm³/mol. The van der Waals surface area contributed by atoms with Crippen molar-refractivity contribution in [2.24, 2.45) is 11.7 Å². The van der Waals surface area contributed by atoms with Crippen LogP contribution in [-0.4, -0.2) is 29.6 Å². The fourth-order valence-corrected chi connectivity index (χ4v) is 2.95. The highest BCUT2D eigenvalue weighted by atomic mass is 15.2. The molecule has 14 heavy (non-hydrogen) atoms. The Morgan fingerprint density at radius 1 is 1.43 bits per heavy atom. The van der Waals surface area contributed by atoms with Crippen LogP contribution in [0, 0.1) is 5.92 Å². The molecule has 1 aliphatic heterocycles. The Morgan fingerprint density at radius 3 is 2.43 bits per heavy atom. The van der Waals surface area contributed by atoms with Crippen molar-refractivity contribution in [2.45, 2.75) is 58.5 Å². The van der Waals surface area contributed by atoms with Gasteiger partial charge in [0, 0.05) is 24.7 Å². The van der Waals surface area contributed by atoms with E-state index in [1.54, 1.807) is 0 Å². The summed E-state index contributed by atoms with van der Waals surface area (Å²) in [5.41, 5.74) is 6.17. The maximum absolute atomic E-state index is 5.94. The summed E-state index contributed by atoms with van der Waals surface area (Å²) >= 11 is 0. The molecule has 0 saturated carbocycles. The van der Waals surface area contributed by atoms with E-state index in [0.29, 0.717) is 6.04 Å². The van der Waals surface area contributed by atoms with Gasteiger partial charge in [0.05, 0.1) is 0 Å².